The van der Waals surface area contributed by atoms with E-state index >= 15 is 0 Å². The van der Waals surface area contributed by atoms with Crippen molar-refractivity contribution >= 4 is 16.8 Å². The number of aromatic nitrogens is 3. The first kappa shape index (κ1) is 18.7. The molecular weight excluding hydrogens is 354 g/mol. The number of rotatable bonds is 4. The van der Waals surface area contributed by atoms with Crippen LogP contribution in [0, 0.1) is 12.8 Å². The monoisotopic (exact) mass is 381 g/mol. The van der Waals surface area contributed by atoms with Gasteiger partial charge in [-0.1, -0.05) is 37.2 Å². The summed E-state index contributed by atoms with van der Waals surface area (Å²) in [5.41, 5.74) is 1.69. The number of H-pyrrole nitrogens is 1. The van der Waals surface area contributed by atoms with Crippen molar-refractivity contribution in [2.45, 2.75) is 33.2 Å². The molecule has 1 aliphatic rings. The number of aromatic amines is 1. The van der Waals surface area contributed by atoms with E-state index in [4.69, 9.17) is 4.52 Å². The van der Waals surface area contributed by atoms with Crippen molar-refractivity contribution in [3.63, 3.8) is 0 Å². The summed E-state index contributed by atoms with van der Waals surface area (Å²) in [6.45, 7) is 9.34. The summed E-state index contributed by atoms with van der Waals surface area (Å²) in [6, 6.07) is 7.82. The molecule has 0 aliphatic carbocycles. The van der Waals surface area contributed by atoms with Crippen molar-refractivity contribution in [1.29, 1.82) is 0 Å². The lowest BCUT2D eigenvalue weighted by Crippen LogP contribution is -2.39. The van der Waals surface area contributed by atoms with Gasteiger partial charge in [-0.2, -0.15) is 4.98 Å². The Balaban J connectivity index is 1.63. The van der Waals surface area contributed by atoms with Crippen LogP contribution in [-0.2, 0) is 0 Å². The summed E-state index contributed by atoms with van der Waals surface area (Å²) < 4.78 is 5.51. The van der Waals surface area contributed by atoms with Gasteiger partial charge in [0.15, 0.2) is 5.82 Å². The van der Waals surface area contributed by atoms with E-state index in [0.29, 0.717) is 29.7 Å². The van der Waals surface area contributed by atoms with Crippen LogP contribution in [0.25, 0.3) is 10.9 Å². The molecule has 28 heavy (non-hydrogen) atoms. The van der Waals surface area contributed by atoms with Gasteiger partial charge in [0.2, 0.25) is 5.89 Å². The summed E-state index contributed by atoms with van der Waals surface area (Å²) in [5.74, 6) is 1.78. The van der Waals surface area contributed by atoms with Crippen LogP contribution in [-0.4, -0.2) is 57.0 Å². The van der Waals surface area contributed by atoms with Gasteiger partial charge < -0.3 is 14.4 Å². The Morgan fingerprint density at radius 2 is 2.14 bits per heavy atom. The molecule has 0 bridgehead atoms. The summed E-state index contributed by atoms with van der Waals surface area (Å²) in [5, 5.41) is 4.93. The predicted octanol–water partition coefficient (Wildman–Crippen LogP) is 3.40. The standard InChI is InChI=1S/C21H27N5O2/c1-14(2)12-25-9-6-10-26(13-19(25)20-23-15(3)24-28-20)21(27)17-11-22-18-8-5-4-7-16(17)18/h4-5,7-8,11,14,19,22H,6,9-10,12-13H2,1-3H3. The van der Waals surface area contributed by atoms with E-state index in [1.54, 1.807) is 0 Å². The molecule has 148 valence electrons. The number of aryl methyl sites for hydroxylation is 1. The van der Waals surface area contributed by atoms with E-state index in [0.717, 1.165) is 37.0 Å². The largest absolute Gasteiger partial charge is 0.360 e. The molecule has 4 rings (SSSR count). The van der Waals surface area contributed by atoms with Gasteiger partial charge in [-0.15, -0.1) is 0 Å². The number of nitrogens with one attached hydrogen (secondary N) is 1. The van der Waals surface area contributed by atoms with Gasteiger partial charge in [0, 0.05) is 43.3 Å². The van der Waals surface area contributed by atoms with Crippen molar-refractivity contribution in [2.24, 2.45) is 5.92 Å². The highest BCUT2D eigenvalue weighted by molar-refractivity contribution is 6.06. The molecule has 1 fully saturated rings. The van der Waals surface area contributed by atoms with Crippen LogP contribution < -0.4 is 0 Å². The highest BCUT2D eigenvalue weighted by atomic mass is 16.5. The molecule has 1 aliphatic heterocycles. The average molecular weight is 381 g/mol. The number of amides is 1. The van der Waals surface area contributed by atoms with Crippen molar-refractivity contribution < 1.29 is 9.32 Å². The second-order valence-corrected chi connectivity index (χ2v) is 7.94. The number of hydrogen-bond donors (Lipinski definition) is 1. The zero-order chi connectivity index (χ0) is 19.7. The summed E-state index contributed by atoms with van der Waals surface area (Å²) >= 11 is 0. The Labute approximate surface area is 164 Å². The number of carbonyl (C=O) groups is 1. The van der Waals surface area contributed by atoms with Crippen LogP contribution in [0.3, 0.4) is 0 Å². The highest BCUT2D eigenvalue weighted by Crippen LogP contribution is 2.27. The summed E-state index contributed by atoms with van der Waals surface area (Å²) in [6.07, 6.45) is 2.74. The first-order valence-corrected chi connectivity index (χ1v) is 9.92. The number of hydrogen-bond acceptors (Lipinski definition) is 5. The normalized spacial score (nSPS) is 18.7. The molecule has 7 heteroatoms. The minimum Gasteiger partial charge on any atom is -0.360 e. The molecule has 7 nitrogen and oxygen atoms in total. The van der Waals surface area contributed by atoms with E-state index in [2.05, 4.69) is 33.9 Å². The van der Waals surface area contributed by atoms with Gasteiger partial charge in [-0.25, -0.2) is 0 Å². The maximum atomic E-state index is 13.4. The third-order valence-electron chi connectivity index (χ3n) is 5.24. The Kier molecular flexibility index (Phi) is 5.17. The first-order chi connectivity index (χ1) is 13.5. The molecule has 3 aromatic rings. The van der Waals surface area contributed by atoms with Gasteiger partial charge in [-0.05, 0) is 25.3 Å². The quantitative estimate of drug-likeness (QED) is 0.749. The molecule has 1 unspecified atom stereocenters. The Morgan fingerprint density at radius 1 is 1.32 bits per heavy atom. The average Bonchev–Trinajstić information content (AvgIpc) is 3.23. The fraction of sp³-hybridized carbons (Fsp3) is 0.476. The topological polar surface area (TPSA) is 78.3 Å². The van der Waals surface area contributed by atoms with Gasteiger partial charge in [-0.3, -0.25) is 9.69 Å². The second kappa shape index (κ2) is 7.75. The smallest absolute Gasteiger partial charge is 0.256 e. The molecule has 0 radical (unpaired) electrons. The lowest BCUT2D eigenvalue weighted by Gasteiger charge is -2.30. The highest BCUT2D eigenvalue weighted by Gasteiger charge is 2.33. The molecule has 0 spiro atoms. The third-order valence-corrected chi connectivity index (χ3v) is 5.24. The lowest BCUT2D eigenvalue weighted by atomic mass is 10.1. The molecule has 0 saturated carbocycles. The Bertz CT molecular complexity index is 961. The maximum Gasteiger partial charge on any atom is 0.256 e. The van der Waals surface area contributed by atoms with Crippen molar-refractivity contribution in [3.8, 4) is 0 Å². The van der Waals surface area contributed by atoms with E-state index in [9.17, 15) is 4.79 Å². The lowest BCUT2D eigenvalue weighted by molar-refractivity contribution is 0.0710. The zero-order valence-corrected chi connectivity index (χ0v) is 16.7. The number of carbonyl (C=O) groups excluding carboxylic acids is 1. The SMILES string of the molecule is Cc1noc(C2CN(C(=O)c3c[nH]c4ccccc34)CCCN2CC(C)C)n1. The predicted molar refractivity (Wildman–Crippen MR) is 107 cm³/mol. The molecule has 1 N–H and O–H groups in total. The minimum atomic E-state index is -0.0831. The van der Waals surface area contributed by atoms with Crippen molar-refractivity contribution in [1.82, 2.24) is 24.9 Å². The molecule has 1 saturated heterocycles. The molecular formula is C21H27N5O2. The van der Waals surface area contributed by atoms with E-state index in [1.165, 1.54) is 0 Å². The Morgan fingerprint density at radius 3 is 2.89 bits per heavy atom. The number of benzene rings is 1. The van der Waals surface area contributed by atoms with Crippen molar-refractivity contribution in [3.05, 3.63) is 47.7 Å². The van der Waals surface area contributed by atoms with Crippen LogP contribution in [0.1, 0.15) is 48.4 Å². The summed E-state index contributed by atoms with van der Waals surface area (Å²) in [4.78, 5) is 25.3. The van der Waals surface area contributed by atoms with E-state index in [1.807, 2.05) is 42.3 Å². The molecule has 1 amide bonds. The van der Waals surface area contributed by atoms with Crippen LogP contribution in [0.4, 0.5) is 0 Å². The maximum absolute atomic E-state index is 13.4. The second-order valence-electron chi connectivity index (χ2n) is 7.94. The van der Waals surface area contributed by atoms with E-state index in [-0.39, 0.29) is 11.9 Å². The molecule has 1 atom stereocenters. The Hall–Kier alpha value is -2.67. The van der Waals surface area contributed by atoms with Crippen LogP contribution in [0.15, 0.2) is 35.0 Å². The van der Waals surface area contributed by atoms with E-state index < -0.39 is 0 Å². The third kappa shape index (κ3) is 3.67. The van der Waals surface area contributed by atoms with Crippen LogP contribution >= 0.6 is 0 Å². The number of para-hydroxylation sites is 1. The van der Waals surface area contributed by atoms with Crippen LogP contribution in [0.5, 0.6) is 0 Å². The number of fused-ring (bicyclic) bond motifs is 1. The van der Waals surface area contributed by atoms with Gasteiger partial charge in [0.1, 0.15) is 6.04 Å². The van der Waals surface area contributed by atoms with Crippen LogP contribution in [0.2, 0.25) is 0 Å². The molecule has 2 aromatic heterocycles. The zero-order valence-electron chi connectivity index (χ0n) is 16.7. The minimum absolute atomic E-state index is 0.0464. The fourth-order valence-electron chi connectivity index (χ4n) is 4.01. The van der Waals surface area contributed by atoms with Gasteiger partial charge in [0.05, 0.1) is 5.56 Å². The number of nitrogens with zero attached hydrogens (tertiary/aromatic N) is 4. The molecule has 1 aromatic carbocycles. The van der Waals surface area contributed by atoms with Crippen molar-refractivity contribution in [2.75, 3.05) is 26.2 Å². The van der Waals surface area contributed by atoms with Gasteiger partial charge in [0.25, 0.3) is 5.91 Å². The molecule has 3 heterocycles. The van der Waals surface area contributed by atoms with Gasteiger partial charge >= 0.3 is 0 Å². The summed E-state index contributed by atoms with van der Waals surface area (Å²) in [7, 11) is 0. The first-order valence-electron chi connectivity index (χ1n) is 9.92. The fourth-order valence-corrected chi connectivity index (χ4v) is 4.01.